The number of fused-ring (bicyclic) bond motifs is 2. The van der Waals surface area contributed by atoms with Crippen LogP contribution in [0.1, 0.15) is 29.6 Å². The highest BCUT2D eigenvalue weighted by Crippen LogP contribution is 2.34. The van der Waals surface area contributed by atoms with E-state index in [9.17, 15) is 14.7 Å². The van der Waals surface area contributed by atoms with E-state index in [1.807, 2.05) is 0 Å². The van der Waals surface area contributed by atoms with Gasteiger partial charge in [0.1, 0.15) is 11.3 Å². The van der Waals surface area contributed by atoms with Crippen LogP contribution < -0.4 is 10.6 Å². The molecule has 3 atom stereocenters. The Morgan fingerprint density at radius 3 is 2.71 bits per heavy atom. The number of ether oxygens (including phenoxy) is 1. The number of carbonyl (C=O) groups excluding carboxylic acids is 1. The van der Waals surface area contributed by atoms with Crippen molar-refractivity contribution < 1.29 is 24.5 Å². The van der Waals surface area contributed by atoms with Crippen LogP contribution in [0.3, 0.4) is 0 Å². The molecule has 3 unspecified atom stereocenters. The first-order valence-electron chi connectivity index (χ1n) is 6.82. The van der Waals surface area contributed by atoms with Crippen LogP contribution in [0.2, 0.25) is 0 Å². The standard InChI is InChI=1S/C14H16N2O5/c17-11-3-1-7(5-9(11)13(18)19)15-14(20)16-10-6-8-2-4-12(10)21-8/h1,3,5,8,10,12,17H,2,4,6H2,(H,18,19)(H2,15,16,20). The maximum absolute atomic E-state index is 11.9. The van der Waals surface area contributed by atoms with E-state index >= 15 is 0 Å². The SMILES string of the molecule is O=C(Nc1ccc(O)c(C(=O)O)c1)NC1CC2CCC1O2. The summed E-state index contributed by atoms with van der Waals surface area (Å²) in [6, 6.07) is 3.49. The first kappa shape index (κ1) is 13.7. The lowest BCUT2D eigenvalue weighted by Crippen LogP contribution is -2.43. The molecule has 2 fully saturated rings. The summed E-state index contributed by atoms with van der Waals surface area (Å²) in [5.74, 6) is -1.59. The van der Waals surface area contributed by atoms with Crippen molar-refractivity contribution in [1.29, 1.82) is 0 Å². The second kappa shape index (κ2) is 5.25. The number of rotatable bonds is 3. The Labute approximate surface area is 120 Å². The number of urea groups is 1. The molecule has 2 bridgehead atoms. The second-order valence-corrected chi connectivity index (χ2v) is 5.35. The molecule has 21 heavy (non-hydrogen) atoms. The van der Waals surface area contributed by atoms with E-state index < -0.39 is 12.0 Å². The Balaban J connectivity index is 1.62. The van der Waals surface area contributed by atoms with E-state index in [1.54, 1.807) is 0 Å². The zero-order valence-electron chi connectivity index (χ0n) is 11.2. The molecule has 0 saturated carbocycles. The first-order valence-corrected chi connectivity index (χ1v) is 6.82. The molecule has 1 aromatic carbocycles. The Morgan fingerprint density at radius 1 is 1.29 bits per heavy atom. The smallest absolute Gasteiger partial charge is 0.339 e. The quantitative estimate of drug-likeness (QED) is 0.632. The number of carbonyl (C=O) groups is 2. The number of nitrogens with one attached hydrogen (secondary N) is 2. The van der Waals surface area contributed by atoms with Gasteiger partial charge in [0.2, 0.25) is 0 Å². The molecule has 2 heterocycles. The molecule has 2 aliphatic heterocycles. The Bertz CT molecular complexity index is 589. The van der Waals surface area contributed by atoms with Crippen LogP contribution >= 0.6 is 0 Å². The fourth-order valence-corrected chi connectivity index (χ4v) is 2.91. The van der Waals surface area contributed by atoms with Crippen molar-refractivity contribution >= 4 is 17.7 Å². The molecule has 1 aromatic rings. The number of hydrogen-bond acceptors (Lipinski definition) is 4. The van der Waals surface area contributed by atoms with Crippen molar-refractivity contribution in [3.8, 4) is 5.75 Å². The third kappa shape index (κ3) is 2.78. The summed E-state index contributed by atoms with van der Waals surface area (Å²) in [7, 11) is 0. The van der Waals surface area contributed by atoms with E-state index in [1.165, 1.54) is 18.2 Å². The van der Waals surface area contributed by atoms with Crippen LogP contribution in [-0.4, -0.2) is 40.5 Å². The molecule has 2 saturated heterocycles. The molecular weight excluding hydrogens is 276 g/mol. The van der Waals surface area contributed by atoms with Crippen molar-refractivity contribution in [2.24, 2.45) is 0 Å². The largest absolute Gasteiger partial charge is 0.507 e. The molecule has 0 aliphatic carbocycles. The van der Waals surface area contributed by atoms with E-state index in [0.29, 0.717) is 5.69 Å². The van der Waals surface area contributed by atoms with E-state index in [0.717, 1.165) is 19.3 Å². The van der Waals surface area contributed by atoms with Crippen LogP contribution in [0.4, 0.5) is 10.5 Å². The molecule has 112 valence electrons. The van der Waals surface area contributed by atoms with Gasteiger partial charge >= 0.3 is 12.0 Å². The normalized spacial score (nSPS) is 26.6. The molecular formula is C14H16N2O5. The minimum Gasteiger partial charge on any atom is -0.507 e. The maximum atomic E-state index is 11.9. The van der Waals surface area contributed by atoms with Gasteiger partial charge in [0.25, 0.3) is 0 Å². The van der Waals surface area contributed by atoms with E-state index in [2.05, 4.69) is 10.6 Å². The van der Waals surface area contributed by atoms with Crippen LogP contribution in [-0.2, 0) is 4.74 Å². The zero-order chi connectivity index (χ0) is 15.0. The fourth-order valence-electron chi connectivity index (χ4n) is 2.91. The first-order chi connectivity index (χ1) is 10.0. The summed E-state index contributed by atoms with van der Waals surface area (Å²) in [6.07, 6.45) is 3.14. The summed E-state index contributed by atoms with van der Waals surface area (Å²) < 4.78 is 5.65. The summed E-state index contributed by atoms with van der Waals surface area (Å²) in [5.41, 5.74) is 0.0582. The van der Waals surface area contributed by atoms with Crippen molar-refractivity contribution in [3.05, 3.63) is 23.8 Å². The zero-order valence-corrected chi connectivity index (χ0v) is 11.2. The van der Waals surface area contributed by atoms with Crippen molar-refractivity contribution in [3.63, 3.8) is 0 Å². The predicted molar refractivity (Wildman–Crippen MR) is 73.5 cm³/mol. The number of aromatic hydroxyl groups is 1. The van der Waals surface area contributed by atoms with Crippen molar-refractivity contribution in [1.82, 2.24) is 5.32 Å². The Hall–Kier alpha value is -2.28. The summed E-state index contributed by atoms with van der Waals surface area (Å²) in [5, 5.41) is 23.7. The van der Waals surface area contributed by atoms with E-state index in [-0.39, 0.29) is 29.6 Å². The van der Waals surface area contributed by atoms with Gasteiger partial charge in [-0.2, -0.15) is 0 Å². The second-order valence-electron chi connectivity index (χ2n) is 5.35. The number of amides is 2. The van der Waals surface area contributed by atoms with Crippen LogP contribution in [0.5, 0.6) is 5.75 Å². The van der Waals surface area contributed by atoms with Crippen LogP contribution in [0, 0.1) is 0 Å². The molecule has 3 rings (SSSR count). The van der Waals surface area contributed by atoms with Gasteiger partial charge in [-0.3, -0.25) is 0 Å². The van der Waals surface area contributed by atoms with Gasteiger partial charge in [-0.15, -0.1) is 0 Å². The highest BCUT2D eigenvalue weighted by molar-refractivity contribution is 5.95. The van der Waals surface area contributed by atoms with Gasteiger partial charge in [0, 0.05) is 5.69 Å². The number of phenols is 1. The lowest BCUT2D eigenvalue weighted by Gasteiger charge is -2.20. The van der Waals surface area contributed by atoms with Crippen LogP contribution in [0.25, 0.3) is 0 Å². The molecule has 0 spiro atoms. The number of carboxylic acid groups (broad SMARTS) is 1. The average molecular weight is 292 g/mol. The summed E-state index contributed by atoms with van der Waals surface area (Å²) in [6.45, 7) is 0. The van der Waals surface area contributed by atoms with Crippen LogP contribution in [0.15, 0.2) is 18.2 Å². The Kier molecular flexibility index (Phi) is 3.42. The number of anilines is 1. The topological polar surface area (TPSA) is 108 Å². The third-order valence-corrected chi connectivity index (χ3v) is 3.91. The number of benzene rings is 1. The molecule has 2 amide bonds. The molecule has 0 radical (unpaired) electrons. The molecule has 7 heteroatoms. The number of carboxylic acids is 1. The van der Waals surface area contributed by atoms with Gasteiger partial charge < -0.3 is 25.6 Å². The van der Waals surface area contributed by atoms with Gasteiger partial charge in [-0.25, -0.2) is 9.59 Å². The monoisotopic (exact) mass is 292 g/mol. The number of aromatic carboxylic acids is 1. The average Bonchev–Trinajstić information content (AvgIpc) is 3.03. The van der Waals surface area contributed by atoms with Gasteiger partial charge in [-0.1, -0.05) is 0 Å². The van der Waals surface area contributed by atoms with Crippen molar-refractivity contribution in [2.75, 3.05) is 5.32 Å². The highest BCUT2D eigenvalue weighted by atomic mass is 16.5. The molecule has 2 aliphatic rings. The minimum absolute atomic E-state index is 0.000177. The van der Waals surface area contributed by atoms with Gasteiger partial charge in [-0.05, 0) is 37.5 Å². The summed E-state index contributed by atoms with van der Waals surface area (Å²) >= 11 is 0. The van der Waals surface area contributed by atoms with Gasteiger partial charge in [0.15, 0.2) is 0 Å². The Morgan fingerprint density at radius 2 is 2.10 bits per heavy atom. The highest BCUT2D eigenvalue weighted by Gasteiger charge is 2.41. The molecule has 7 nitrogen and oxygen atoms in total. The van der Waals surface area contributed by atoms with Crippen molar-refractivity contribution in [2.45, 2.75) is 37.5 Å². The summed E-state index contributed by atoms with van der Waals surface area (Å²) in [4.78, 5) is 22.8. The number of hydrogen-bond donors (Lipinski definition) is 4. The lowest BCUT2D eigenvalue weighted by molar-refractivity contribution is 0.0693. The third-order valence-electron chi connectivity index (χ3n) is 3.91. The van der Waals surface area contributed by atoms with Gasteiger partial charge in [0.05, 0.1) is 18.2 Å². The maximum Gasteiger partial charge on any atom is 0.339 e. The molecule has 4 N–H and O–H groups in total. The fraction of sp³-hybridized carbons (Fsp3) is 0.429. The molecule has 0 aromatic heterocycles. The lowest BCUT2D eigenvalue weighted by atomic mass is 9.96. The van der Waals surface area contributed by atoms with E-state index in [4.69, 9.17) is 9.84 Å². The minimum atomic E-state index is -1.25. The predicted octanol–water partition coefficient (Wildman–Crippen LogP) is 1.53.